The number of halogens is 3. The SMILES string of the molecule is CN=C(NCCCOCC1CCOC1)NC(C)c1ccc(F)cc1F.I. The Morgan fingerprint density at radius 2 is 2.23 bits per heavy atom. The van der Waals surface area contributed by atoms with E-state index in [1.165, 1.54) is 12.1 Å². The monoisotopic (exact) mass is 483 g/mol. The van der Waals surface area contributed by atoms with Crippen LogP contribution in [0.15, 0.2) is 23.2 Å². The van der Waals surface area contributed by atoms with Gasteiger partial charge in [-0.15, -0.1) is 24.0 Å². The van der Waals surface area contributed by atoms with Crippen molar-refractivity contribution in [3.8, 4) is 0 Å². The number of rotatable bonds is 8. The largest absolute Gasteiger partial charge is 0.381 e. The lowest BCUT2D eigenvalue weighted by Gasteiger charge is -2.19. The zero-order valence-electron chi connectivity index (χ0n) is 15.3. The molecule has 2 unspecified atom stereocenters. The first-order valence-electron chi connectivity index (χ1n) is 8.67. The second-order valence-electron chi connectivity index (χ2n) is 6.19. The summed E-state index contributed by atoms with van der Waals surface area (Å²) < 4.78 is 37.8. The van der Waals surface area contributed by atoms with Crippen molar-refractivity contribution in [2.45, 2.75) is 25.8 Å². The molecule has 8 heteroatoms. The number of hydrogen-bond donors (Lipinski definition) is 2. The molecular weight excluding hydrogens is 455 g/mol. The molecule has 1 aliphatic rings. The van der Waals surface area contributed by atoms with Crippen molar-refractivity contribution in [3.05, 3.63) is 35.4 Å². The fourth-order valence-electron chi connectivity index (χ4n) is 2.68. The van der Waals surface area contributed by atoms with Gasteiger partial charge in [0.25, 0.3) is 0 Å². The van der Waals surface area contributed by atoms with E-state index in [4.69, 9.17) is 9.47 Å². The van der Waals surface area contributed by atoms with E-state index in [1.807, 2.05) is 0 Å². The molecule has 1 aromatic rings. The van der Waals surface area contributed by atoms with Crippen LogP contribution in [-0.4, -0.2) is 46.0 Å². The number of nitrogens with zero attached hydrogens (tertiary/aromatic N) is 1. The molecule has 0 bridgehead atoms. The molecule has 2 N–H and O–H groups in total. The summed E-state index contributed by atoms with van der Waals surface area (Å²) in [6.07, 6.45) is 1.92. The van der Waals surface area contributed by atoms with Crippen LogP contribution in [-0.2, 0) is 9.47 Å². The summed E-state index contributed by atoms with van der Waals surface area (Å²) in [7, 11) is 1.65. The molecule has 0 saturated carbocycles. The normalized spacial score (nSPS) is 18.3. The number of hydrogen-bond acceptors (Lipinski definition) is 3. The van der Waals surface area contributed by atoms with Gasteiger partial charge in [0.15, 0.2) is 5.96 Å². The van der Waals surface area contributed by atoms with Gasteiger partial charge in [-0.3, -0.25) is 4.99 Å². The summed E-state index contributed by atoms with van der Waals surface area (Å²) in [4.78, 5) is 4.12. The Labute approximate surface area is 171 Å². The average molecular weight is 483 g/mol. The van der Waals surface area contributed by atoms with Crippen LogP contribution in [0.25, 0.3) is 0 Å². The summed E-state index contributed by atoms with van der Waals surface area (Å²) in [5, 5.41) is 6.27. The average Bonchev–Trinajstić information content (AvgIpc) is 3.10. The first-order valence-corrected chi connectivity index (χ1v) is 8.67. The molecular formula is C18H28F2IN3O2. The molecule has 2 atom stereocenters. The van der Waals surface area contributed by atoms with E-state index in [0.29, 0.717) is 30.6 Å². The summed E-state index contributed by atoms with van der Waals surface area (Å²) in [5.41, 5.74) is 0.395. The highest BCUT2D eigenvalue weighted by Crippen LogP contribution is 2.17. The number of guanidine groups is 1. The lowest BCUT2D eigenvalue weighted by atomic mass is 10.1. The highest BCUT2D eigenvalue weighted by atomic mass is 127. The van der Waals surface area contributed by atoms with Gasteiger partial charge < -0.3 is 20.1 Å². The molecule has 2 rings (SSSR count). The van der Waals surface area contributed by atoms with Crippen molar-refractivity contribution >= 4 is 29.9 Å². The third-order valence-corrected chi connectivity index (χ3v) is 4.14. The third-order valence-electron chi connectivity index (χ3n) is 4.14. The van der Waals surface area contributed by atoms with Crippen molar-refractivity contribution in [2.75, 3.05) is 40.0 Å². The summed E-state index contributed by atoms with van der Waals surface area (Å²) in [6.45, 7) is 5.54. The van der Waals surface area contributed by atoms with Crippen LogP contribution in [0.3, 0.4) is 0 Å². The molecule has 1 fully saturated rings. The van der Waals surface area contributed by atoms with Gasteiger partial charge in [-0.2, -0.15) is 0 Å². The molecule has 1 heterocycles. The topological polar surface area (TPSA) is 54.9 Å². The van der Waals surface area contributed by atoms with Crippen LogP contribution >= 0.6 is 24.0 Å². The smallest absolute Gasteiger partial charge is 0.191 e. The van der Waals surface area contributed by atoms with Crippen LogP contribution in [0.5, 0.6) is 0 Å². The zero-order valence-corrected chi connectivity index (χ0v) is 17.6. The molecule has 5 nitrogen and oxygen atoms in total. The Hall–Kier alpha value is -1.00. The van der Waals surface area contributed by atoms with Gasteiger partial charge >= 0.3 is 0 Å². The van der Waals surface area contributed by atoms with Crippen LogP contribution in [0.1, 0.15) is 31.4 Å². The van der Waals surface area contributed by atoms with Crippen LogP contribution in [0.4, 0.5) is 8.78 Å². The van der Waals surface area contributed by atoms with Crippen LogP contribution in [0, 0.1) is 17.6 Å². The van der Waals surface area contributed by atoms with Crippen LogP contribution in [0.2, 0.25) is 0 Å². The summed E-state index contributed by atoms with van der Waals surface area (Å²) in [6, 6.07) is 3.25. The molecule has 0 spiro atoms. The second-order valence-corrected chi connectivity index (χ2v) is 6.19. The van der Waals surface area contributed by atoms with Gasteiger partial charge in [0.05, 0.1) is 19.3 Å². The molecule has 0 radical (unpaired) electrons. The van der Waals surface area contributed by atoms with Gasteiger partial charge in [-0.1, -0.05) is 6.07 Å². The van der Waals surface area contributed by atoms with E-state index in [9.17, 15) is 8.78 Å². The number of nitrogens with one attached hydrogen (secondary N) is 2. The maximum Gasteiger partial charge on any atom is 0.191 e. The highest BCUT2D eigenvalue weighted by molar-refractivity contribution is 14.0. The van der Waals surface area contributed by atoms with Crippen LogP contribution < -0.4 is 10.6 Å². The fraction of sp³-hybridized carbons (Fsp3) is 0.611. The summed E-state index contributed by atoms with van der Waals surface area (Å²) >= 11 is 0. The van der Waals surface area contributed by atoms with Crippen molar-refractivity contribution in [2.24, 2.45) is 10.9 Å². The number of ether oxygens (including phenoxy) is 2. The van der Waals surface area contributed by atoms with E-state index in [0.717, 1.165) is 38.7 Å². The van der Waals surface area contributed by atoms with Crippen molar-refractivity contribution < 1.29 is 18.3 Å². The Morgan fingerprint density at radius 1 is 1.42 bits per heavy atom. The van der Waals surface area contributed by atoms with E-state index in [1.54, 1.807) is 14.0 Å². The van der Waals surface area contributed by atoms with E-state index in [2.05, 4.69) is 15.6 Å². The Kier molecular flexibility index (Phi) is 11.0. The van der Waals surface area contributed by atoms with Gasteiger partial charge in [-0.25, -0.2) is 8.78 Å². The highest BCUT2D eigenvalue weighted by Gasteiger charge is 2.15. The van der Waals surface area contributed by atoms with Gasteiger partial charge in [-0.05, 0) is 25.8 Å². The zero-order chi connectivity index (χ0) is 18.1. The van der Waals surface area contributed by atoms with Gasteiger partial charge in [0.1, 0.15) is 11.6 Å². The first kappa shape index (κ1) is 23.0. The molecule has 1 saturated heterocycles. The van der Waals surface area contributed by atoms with Gasteiger partial charge in [0, 0.05) is 44.4 Å². The lowest BCUT2D eigenvalue weighted by Crippen LogP contribution is -2.39. The maximum absolute atomic E-state index is 13.8. The van der Waals surface area contributed by atoms with E-state index in [-0.39, 0.29) is 30.0 Å². The molecule has 148 valence electrons. The first-order chi connectivity index (χ1) is 12.1. The number of benzene rings is 1. The quantitative estimate of drug-likeness (QED) is 0.258. The van der Waals surface area contributed by atoms with Gasteiger partial charge in [0.2, 0.25) is 0 Å². The number of aliphatic imine (C=N–C) groups is 1. The minimum atomic E-state index is -0.583. The van der Waals surface area contributed by atoms with E-state index >= 15 is 0 Å². The molecule has 1 aromatic carbocycles. The maximum atomic E-state index is 13.8. The Bertz CT molecular complexity index is 569. The van der Waals surface area contributed by atoms with E-state index < -0.39 is 11.6 Å². The predicted octanol–water partition coefficient (Wildman–Crippen LogP) is 3.25. The van der Waals surface area contributed by atoms with Crippen molar-refractivity contribution in [1.29, 1.82) is 0 Å². The standard InChI is InChI=1S/C18H27F2N3O2.HI/c1-13(16-5-4-15(19)10-17(16)20)23-18(21-2)22-7-3-8-24-11-14-6-9-25-12-14;/h4-5,10,13-14H,3,6-9,11-12H2,1-2H3,(H2,21,22,23);1H. The molecule has 1 aliphatic heterocycles. The second kappa shape index (κ2) is 12.4. The molecule has 0 aromatic heterocycles. The van der Waals surface area contributed by atoms with Crippen molar-refractivity contribution in [3.63, 3.8) is 0 Å². The molecule has 0 aliphatic carbocycles. The predicted molar refractivity (Wildman–Crippen MR) is 109 cm³/mol. The lowest BCUT2D eigenvalue weighted by molar-refractivity contribution is 0.0888. The minimum Gasteiger partial charge on any atom is -0.381 e. The molecule has 26 heavy (non-hydrogen) atoms. The third kappa shape index (κ3) is 7.71. The molecule has 0 amide bonds. The van der Waals surface area contributed by atoms with Crippen molar-refractivity contribution in [1.82, 2.24) is 10.6 Å². The summed E-state index contributed by atoms with van der Waals surface area (Å²) in [5.74, 6) is -0.0610. The Morgan fingerprint density at radius 3 is 2.88 bits per heavy atom. The minimum absolute atomic E-state index is 0. The Balaban J connectivity index is 0.00000338. The fourth-order valence-corrected chi connectivity index (χ4v) is 2.68.